The molecule has 0 radical (unpaired) electrons. The number of hydrogen-bond donors (Lipinski definition) is 0. The Kier molecular flexibility index (Phi) is 7.81. The molecule has 49 heavy (non-hydrogen) atoms. The molecular formula is C41H26F3N3O2. The molecule has 0 saturated heterocycles. The Bertz CT molecular complexity index is 2460. The van der Waals surface area contributed by atoms with Gasteiger partial charge in [-0.1, -0.05) is 91.0 Å². The number of rotatable bonds is 6. The number of amides is 1. The first-order valence-electron chi connectivity index (χ1n) is 15.4. The molecule has 0 bridgehead atoms. The van der Waals surface area contributed by atoms with E-state index in [0.29, 0.717) is 28.8 Å². The maximum absolute atomic E-state index is 14.5. The molecular weight excluding hydrogens is 623 g/mol. The van der Waals surface area contributed by atoms with E-state index in [1.807, 2.05) is 95.6 Å². The van der Waals surface area contributed by atoms with Gasteiger partial charge in [-0.05, 0) is 59.2 Å². The fourth-order valence-corrected chi connectivity index (χ4v) is 6.46. The van der Waals surface area contributed by atoms with E-state index in [4.69, 9.17) is 0 Å². The maximum atomic E-state index is 14.5. The number of halogens is 3. The fourth-order valence-electron chi connectivity index (χ4n) is 6.46. The van der Waals surface area contributed by atoms with Crippen LogP contribution < -0.4 is 4.90 Å². The van der Waals surface area contributed by atoms with Crippen LogP contribution >= 0.6 is 0 Å². The summed E-state index contributed by atoms with van der Waals surface area (Å²) in [6, 6.07) is 40.7. The quantitative estimate of drug-likeness (QED) is 0.168. The Morgan fingerprint density at radius 3 is 2.16 bits per heavy atom. The lowest BCUT2D eigenvalue weighted by atomic mass is 9.98. The van der Waals surface area contributed by atoms with Gasteiger partial charge in [-0.25, -0.2) is 0 Å². The summed E-state index contributed by atoms with van der Waals surface area (Å²) in [7, 11) is 1.69. The number of carbonyl (C=O) groups is 2. The third-order valence-corrected chi connectivity index (χ3v) is 8.76. The highest BCUT2D eigenvalue weighted by atomic mass is 19.4. The van der Waals surface area contributed by atoms with Crippen LogP contribution in [-0.4, -0.2) is 23.8 Å². The predicted molar refractivity (Wildman–Crippen MR) is 186 cm³/mol. The van der Waals surface area contributed by atoms with E-state index in [1.54, 1.807) is 42.3 Å². The number of hydrogen-bond acceptors (Lipinski definition) is 3. The average molecular weight is 650 g/mol. The van der Waals surface area contributed by atoms with Gasteiger partial charge in [0.2, 0.25) is 0 Å². The lowest BCUT2D eigenvalue weighted by Gasteiger charge is -2.24. The summed E-state index contributed by atoms with van der Waals surface area (Å²) in [6.07, 6.45) is -3.97. The fraction of sp³-hybridized carbons (Fsp3) is 0.0488. The lowest BCUT2D eigenvalue weighted by molar-refractivity contribution is -0.137. The standard InChI is InChI=1S/C41H26F3N3O2/c1-46(35-15-7-5-13-31(35)26-10-3-2-4-11-26)40(49)39-29(25-48)12-9-17-38(39)47-36-16-8-6-14-32(36)33-23-28(19-21-37(33)47)27-18-20-34(41(42,43)44)30(22-27)24-45/h2-23,25H,1H3. The zero-order chi connectivity index (χ0) is 34.3. The van der Waals surface area contributed by atoms with Crippen LogP contribution in [0, 0.1) is 11.3 Å². The maximum Gasteiger partial charge on any atom is 0.417 e. The number of nitriles is 1. The summed E-state index contributed by atoms with van der Waals surface area (Å²) >= 11 is 0. The second kappa shape index (κ2) is 12.3. The summed E-state index contributed by atoms with van der Waals surface area (Å²) in [6.45, 7) is 0. The first-order chi connectivity index (χ1) is 23.7. The largest absolute Gasteiger partial charge is 0.417 e. The number of nitrogens with zero attached hydrogens (tertiary/aromatic N) is 3. The minimum atomic E-state index is -4.65. The van der Waals surface area contributed by atoms with Gasteiger partial charge in [-0.15, -0.1) is 0 Å². The number of anilines is 1. The first-order valence-corrected chi connectivity index (χ1v) is 15.4. The lowest BCUT2D eigenvalue weighted by Crippen LogP contribution is -2.29. The SMILES string of the molecule is CN(C(=O)c1c(C=O)cccc1-n1c2ccccc2c2cc(-c3ccc(C(F)(F)F)c(C#N)c3)ccc21)c1ccccc1-c1ccccc1. The summed E-state index contributed by atoms with van der Waals surface area (Å²) in [5.41, 5.74) is 4.54. The predicted octanol–water partition coefficient (Wildman–Crippen LogP) is 10.1. The summed E-state index contributed by atoms with van der Waals surface area (Å²) < 4.78 is 42.4. The highest BCUT2D eigenvalue weighted by molar-refractivity contribution is 6.16. The number of benzene rings is 6. The topological polar surface area (TPSA) is 66.1 Å². The molecule has 5 nitrogen and oxygen atoms in total. The molecule has 1 heterocycles. The Balaban J connectivity index is 1.40. The van der Waals surface area contributed by atoms with Crippen LogP contribution in [0.2, 0.25) is 0 Å². The average Bonchev–Trinajstić information content (AvgIpc) is 3.47. The molecule has 0 N–H and O–H groups in total. The molecule has 0 fully saturated rings. The zero-order valence-electron chi connectivity index (χ0n) is 26.1. The Labute approximate surface area is 279 Å². The zero-order valence-corrected chi connectivity index (χ0v) is 26.1. The van der Waals surface area contributed by atoms with Crippen molar-refractivity contribution in [2.45, 2.75) is 6.18 Å². The van der Waals surface area contributed by atoms with Gasteiger partial charge in [0.05, 0.1) is 45.2 Å². The van der Waals surface area contributed by atoms with Crippen molar-refractivity contribution in [3.05, 3.63) is 156 Å². The number of alkyl halides is 3. The second-order valence-electron chi connectivity index (χ2n) is 11.6. The van der Waals surface area contributed by atoms with Crippen molar-refractivity contribution in [2.75, 3.05) is 11.9 Å². The Morgan fingerprint density at radius 2 is 1.41 bits per heavy atom. The van der Waals surface area contributed by atoms with E-state index in [-0.39, 0.29) is 17.0 Å². The molecule has 0 aliphatic rings. The van der Waals surface area contributed by atoms with E-state index in [1.165, 1.54) is 12.1 Å². The Hall–Kier alpha value is -6.46. The van der Waals surface area contributed by atoms with Gasteiger partial charge >= 0.3 is 6.18 Å². The molecule has 7 rings (SSSR count). The smallest absolute Gasteiger partial charge is 0.311 e. The molecule has 0 aliphatic heterocycles. The van der Waals surface area contributed by atoms with Gasteiger partial charge in [0.15, 0.2) is 6.29 Å². The molecule has 238 valence electrons. The van der Waals surface area contributed by atoms with Crippen molar-refractivity contribution in [2.24, 2.45) is 0 Å². The van der Waals surface area contributed by atoms with Crippen molar-refractivity contribution >= 4 is 39.7 Å². The molecule has 0 unspecified atom stereocenters. The highest BCUT2D eigenvalue weighted by Crippen LogP contribution is 2.39. The van der Waals surface area contributed by atoms with E-state index < -0.39 is 17.3 Å². The number of aldehydes is 1. The van der Waals surface area contributed by atoms with Gasteiger partial charge in [0.25, 0.3) is 5.91 Å². The third-order valence-electron chi connectivity index (χ3n) is 8.76. The number of carbonyl (C=O) groups excluding carboxylic acids is 2. The van der Waals surface area contributed by atoms with Crippen LogP contribution in [0.5, 0.6) is 0 Å². The van der Waals surface area contributed by atoms with Crippen molar-refractivity contribution in [3.63, 3.8) is 0 Å². The van der Waals surface area contributed by atoms with Crippen LogP contribution in [0.3, 0.4) is 0 Å². The summed E-state index contributed by atoms with van der Waals surface area (Å²) in [5, 5.41) is 11.1. The van der Waals surface area contributed by atoms with Crippen molar-refractivity contribution in [3.8, 4) is 34.0 Å². The summed E-state index contributed by atoms with van der Waals surface area (Å²) in [5.74, 6) is -0.377. The third kappa shape index (κ3) is 5.41. The molecule has 0 atom stereocenters. The van der Waals surface area contributed by atoms with Gasteiger partial charge in [-0.3, -0.25) is 9.59 Å². The molecule has 0 aliphatic carbocycles. The van der Waals surface area contributed by atoms with Gasteiger partial charge in [0.1, 0.15) is 0 Å². The molecule has 8 heteroatoms. The van der Waals surface area contributed by atoms with Crippen LogP contribution in [-0.2, 0) is 6.18 Å². The van der Waals surface area contributed by atoms with Crippen LogP contribution in [0.1, 0.15) is 31.8 Å². The molecule has 6 aromatic carbocycles. The number of para-hydroxylation sites is 2. The van der Waals surface area contributed by atoms with Crippen LogP contribution in [0.25, 0.3) is 49.7 Å². The summed E-state index contributed by atoms with van der Waals surface area (Å²) in [4.78, 5) is 28.6. The number of aromatic nitrogens is 1. The second-order valence-corrected chi connectivity index (χ2v) is 11.6. The minimum Gasteiger partial charge on any atom is -0.311 e. The Morgan fingerprint density at radius 1 is 0.735 bits per heavy atom. The first kappa shape index (κ1) is 31.2. The van der Waals surface area contributed by atoms with E-state index in [0.717, 1.165) is 39.0 Å². The van der Waals surface area contributed by atoms with Gasteiger partial charge in [0, 0.05) is 28.9 Å². The van der Waals surface area contributed by atoms with Gasteiger partial charge in [-0.2, -0.15) is 18.4 Å². The van der Waals surface area contributed by atoms with Gasteiger partial charge < -0.3 is 9.47 Å². The monoisotopic (exact) mass is 649 g/mol. The van der Waals surface area contributed by atoms with Crippen LogP contribution in [0.4, 0.5) is 18.9 Å². The highest BCUT2D eigenvalue weighted by Gasteiger charge is 2.33. The molecule has 7 aromatic rings. The molecule has 1 aromatic heterocycles. The van der Waals surface area contributed by atoms with Crippen LogP contribution in [0.15, 0.2) is 133 Å². The molecule has 1 amide bonds. The molecule has 0 saturated carbocycles. The normalized spacial score (nSPS) is 11.4. The minimum absolute atomic E-state index is 0.219. The van der Waals surface area contributed by atoms with E-state index in [2.05, 4.69) is 0 Å². The number of fused-ring (bicyclic) bond motifs is 3. The molecule has 0 spiro atoms. The van der Waals surface area contributed by atoms with Crippen molar-refractivity contribution < 1.29 is 22.8 Å². The van der Waals surface area contributed by atoms with Crippen molar-refractivity contribution in [1.82, 2.24) is 4.57 Å². The van der Waals surface area contributed by atoms with E-state index >= 15 is 0 Å². The van der Waals surface area contributed by atoms with E-state index in [9.17, 15) is 28.0 Å². The van der Waals surface area contributed by atoms with Crippen molar-refractivity contribution in [1.29, 1.82) is 5.26 Å².